The van der Waals surface area contributed by atoms with Gasteiger partial charge in [-0.2, -0.15) is 5.10 Å². The number of hydrogen-bond acceptors (Lipinski definition) is 5. The Morgan fingerprint density at radius 1 is 1.26 bits per heavy atom. The van der Waals surface area contributed by atoms with E-state index < -0.39 is 0 Å². The topological polar surface area (TPSA) is 77.2 Å². The minimum absolute atomic E-state index is 0.0250. The van der Waals surface area contributed by atoms with Gasteiger partial charge in [-0.3, -0.25) is 9.48 Å². The second kappa shape index (κ2) is 6.99. The molecule has 2 aliphatic rings. The standard InChI is InChI=1S/C19H28N6O2/c1-12-11-15-16(13(2)27-12)22-24(4)17(15)18(26)21-14-5-8-25(9-6-14)19-20-7-10-23(19)3/h7,10,12-14H,5-6,8-9,11H2,1-4H3,(H,21,26)/t12-,13+/m1/s1. The lowest BCUT2D eigenvalue weighted by atomic mass is 9.99. The van der Waals surface area contributed by atoms with E-state index in [0.29, 0.717) is 5.69 Å². The first-order chi connectivity index (χ1) is 12.9. The zero-order valence-corrected chi connectivity index (χ0v) is 16.5. The van der Waals surface area contributed by atoms with Crippen molar-refractivity contribution in [1.82, 2.24) is 24.6 Å². The van der Waals surface area contributed by atoms with Crippen LogP contribution in [0.2, 0.25) is 0 Å². The van der Waals surface area contributed by atoms with E-state index in [4.69, 9.17) is 4.74 Å². The minimum Gasteiger partial charge on any atom is -0.369 e. The molecule has 27 heavy (non-hydrogen) atoms. The predicted octanol–water partition coefficient (Wildman–Crippen LogP) is 1.57. The highest BCUT2D eigenvalue weighted by molar-refractivity contribution is 5.94. The Kier molecular flexibility index (Phi) is 4.67. The van der Waals surface area contributed by atoms with Gasteiger partial charge in [-0.15, -0.1) is 0 Å². The van der Waals surface area contributed by atoms with Gasteiger partial charge in [0.05, 0.1) is 17.9 Å². The second-order valence-electron chi connectivity index (χ2n) is 7.70. The number of piperidine rings is 1. The van der Waals surface area contributed by atoms with Crippen LogP contribution < -0.4 is 10.2 Å². The smallest absolute Gasteiger partial charge is 0.270 e. The summed E-state index contributed by atoms with van der Waals surface area (Å²) in [6, 6.07) is 0.175. The van der Waals surface area contributed by atoms with Crippen LogP contribution in [0, 0.1) is 0 Å². The molecule has 0 saturated carbocycles. The number of anilines is 1. The van der Waals surface area contributed by atoms with Gasteiger partial charge in [0.25, 0.3) is 5.91 Å². The first-order valence-corrected chi connectivity index (χ1v) is 9.68. The maximum atomic E-state index is 13.0. The average Bonchev–Trinajstić information content (AvgIpc) is 3.18. The molecule has 8 heteroatoms. The molecule has 0 aliphatic carbocycles. The molecule has 0 bridgehead atoms. The zero-order valence-electron chi connectivity index (χ0n) is 16.5. The van der Waals surface area contributed by atoms with E-state index in [9.17, 15) is 4.79 Å². The van der Waals surface area contributed by atoms with Crippen molar-refractivity contribution in [3.8, 4) is 0 Å². The van der Waals surface area contributed by atoms with Crippen LogP contribution in [0.5, 0.6) is 0 Å². The molecule has 1 saturated heterocycles. The van der Waals surface area contributed by atoms with E-state index in [1.807, 2.05) is 44.9 Å². The number of aryl methyl sites for hydroxylation is 2. The number of imidazole rings is 1. The highest BCUT2D eigenvalue weighted by Crippen LogP contribution is 2.31. The minimum atomic E-state index is -0.0717. The Morgan fingerprint density at radius 3 is 2.67 bits per heavy atom. The highest BCUT2D eigenvalue weighted by Gasteiger charge is 2.32. The number of carbonyl (C=O) groups excluding carboxylic acids is 1. The van der Waals surface area contributed by atoms with E-state index in [0.717, 1.165) is 49.6 Å². The molecule has 8 nitrogen and oxygen atoms in total. The summed E-state index contributed by atoms with van der Waals surface area (Å²) < 4.78 is 9.59. The molecular formula is C19H28N6O2. The van der Waals surface area contributed by atoms with Crippen LogP contribution in [0.25, 0.3) is 0 Å². The molecule has 1 amide bonds. The zero-order chi connectivity index (χ0) is 19.1. The molecular weight excluding hydrogens is 344 g/mol. The van der Waals surface area contributed by atoms with Crippen LogP contribution in [0.15, 0.2) is 12.4 Å². The lowest BCUT2D eigenvalue weighted by Crippen LogP contribution is -2.46. The number of ether oxygens (including phenoxy) is 1. The molecule has 0 unspecified atom stereocenters. The fraction of sp³-hybridized carbons (Fsp3) is 0.632. The fourth-order valence-electron chi connectivity index (χ4n) is 4.29. The number of nitrogens with zero attached hydrogens (tertiary/aromatic N) is 5. The van der Waals surface area contributed by atoms with Crippen molar-refractivity contribution in [2.45, 2.75) is 51.4 Å². The summed E-state index contributed by atoms with van der Waals surface area (Å²) >= 11 is 0. The Balaban J connectivity index is 1.43. The Labute approximate surface area is 159 Å². The molecule has 1 fully saturated rings. The van der Waals surface area contributed by atoms with Crippen molar-refractivity contribution in [3.63, 3.8) is 0 Å². The maximum absolute atomic E-state index is 13.0. The van der Waals surface area contributed by atoms with Crippen molar-refractivity contribution in [1.29, 1.82) is 0 Å². The molecule has 1 N–H and O–H groups in total. The van der Waals surface area contributed by atoms with Gasteiger partial charge >= 0.3 is 0 Å². The molecule has 146 valence electrons. The monoisotopic (exact) mass is 372 g/mol. The van der Waals surface area contributed by atoms with Crippen molar-refractivity contribution in [2.24, 2.45) is 14.1 Å². The van der Waals surface area contributed by atoms with Gasteiger partial charge in [0.1, 0.15) is 5.69 Å². The summed E-state index contributed by atoms with van der Waals surface area (Å²) in [6.07, 6.45) is 6.36. The maximum Gasteiger partial charge on any atom is 0.270 e. The van der Waals surface area contributed by atoms with Crippen LogP contribution in [0.3, 0.4) is 0 Å². The van der Waals surface area contributed by atoms with Gasteiger partial charge in [0.2, 0.25) is 5.95 Å². The van der Waals surface area contributed by atoms with Crippen LogP contribution in [-0.4, -0.2) is 50.5 Å². The van der Waals surface area contributed by atoms with Gasteiger partial charge in [-0.25, -0.2) is 4.98 Å². The lowest BCUT2D eigenvalue weighted by molar-refractivity contribution is -0.00710. The van der Waals surface area contributed by atoms with Gasteiger partial charge in [0, 0.05) is 57.6 Å². The number of rotatable bonds is 3. The highest BCUT2D eigenvalue weighted by atomic mass is 16.5. The van der Waals surface area contributed by atoms with Crippen LogP contribution in [0.4, 0.5) is 5.95 Å². The SMILES string of the molecule is C[C@@H]1Cc2c(nn(C)c2C(=O)NC2CCN(c3nccn3C)CC2)[C@H](C)O1. The first kappa shape index (κ1) is 18.0. The first-order valence-electron chi connectivity index (χ1n) is 9.68. The molecule has 0 radical (unpaired) electrons. The molecule has 0 spiro atoms. The van der Waals surface area contributed by atoms with Gasteiger partial charge < -0.3 is 19.5 Å². The van der Waals surface area contributed by atoms with E-state index in [2.05, 4.69) is 20.3 Å². The molecule has 0 aromatic carbocycles. The number of aromatic nitrogens is 4. The molecule has 2 aliphatic heterocycles. The third-order valence-corrected chi connectivity index (χ3v) is 5.61. The normalized spacial score (nSPS) is 23.3. The summed E-state index contributed by atoms with van der Waals surface area (Å²) in [5, 5.41) is 7.78. The molecule has 4 heterocycles. The Bertz CT molecular complexity index is 833. The largest absolute Gasteiger partial charge is 0.369 e. The third-order valence-electron chi connectivity index (χ3n) is 5.61. The number of carbonyl (C=O) groups is 1. The van der Waals surface area contributed by atoms with E-state index in [1.165, 1.54) is 0 Å². The summed E-state index contributed by atoms with van der Waals surface area (Å²) in [4.78, 5) is 19.7. The van der Waals surface area contributed by atoms with Crippen LogP contribution in [0.1, 0.15) is 54.5 Å². The average molecular weight is 372 g/mol. The molecule has 2 atom stereocenters. The van der Waals surface area contributed by atoms with Crippen molar-refractivity contribution in [2.75, 3.05) is 18.0 Å². The third kappa shape index (κ3) is 3.34. The Hall–Kier alpha value is -2.35. The van der Waals surface area contributed by atoms with E-state index >= 15 is 0 Å². The van der Waals surface area contributed by atoms with E-state index in [1.54, 1.807) is 4.68 Å². The van der Waals surface area contributed by atoms with Gasteiger partial charge in [-0.05, 0) is 26.7 Å². The van der Waals surface area contributed by atoms with Crippen LogP contribution in [-0.2, 0) is 25.3 Å². The lowest BCUT2D eigenvalue weighted by Gasteiger charge is -2.33. The molecule has 2 aromatic heterocycles. The fourth-order valence-corrected chi connectivity index (χ4v) is 4.29. The molecule has 2 aromatic rings. The van der Waals surface area contributed by atoms with Crippen molar-refractivity contribution >= 4 is 11.9 Å². The predicted molar refractivity (Wildman–Crippen MR) is 102 cm³/mol. The quantitative estimate of drug-likeness (QED) is 0.885. The summed E-state index contributed by atoms with van der Waals surface area (Å²) in [6.45, 7) is 5.82. The van der Waals surface area contributed by atoms with Crippen molar-refractivity contribution in [3.05, 3.63) is 29.3 Å². The Morgan fingerprint density at radius 2 is 2.00 bits per heavy atom. The van der Waals surface area contributed by atoms with Gasteiger partial charge in [0.15, 0.2) is 0 Å². The second-order valence-corrected chi connectivity index (χ2v) is 7.70. The van der Waals surface area contributed by atoms with Crippen molar-refractivity contribution < 1.29 is 9.53 Å². The number of hydrogen-bond donors (Lipinski definition) is 1. The summed E-state index contributed by atoms with van der Waals surface area (Å²) in [5.41, 5.74) is 2.61. The molecule has 4 rings (SSSR count). The van der Waals surface area contributed by atoms with Crippen LogP contribution >= 0.6 is 0 Å². The number of nitrogens with one attached hydrogen (secondary N) is 1. The number of fused-ring (bicyclic) bond motifs is 1. The summed E-state index contributed by atoms with van der Waals surface area (Å²) in [5.74, 6) is 0.964. The van der Waals surface area contributed by atoms with Gasteiger partial charge in [-0.1, -0.05) is 0 Å². The summed E-state index contributed by atoms with van der Waals surface area (Å²) in [7, 11) is 3.85. The number of amides is 1. The van der Waals surface area contributed by atoms with E-state index in [-0.39, 0.29) is 24.2 Å².